The molecule has 1 aliphatic carbocycles. The van der Waals surface area contributed by atoms with Crippen molar-refractivity contribution >= 4 is 0 Å². The van der Waals surface area contributed by atoms with E-state index >= 15 is 0 Å². The topological polar surface area (TPSA) is 4.93 Å². The molecular formula is C14H23N. The molecule has 1 aromatic heterocycles. The molecule has 0 aromatic carbocycles. The fourth-order valence-electron chi connectivity index (χ4n) is 3.02. The lowest BCUT2D eigenvalue weighted by molar-refractivity contribution is 0.369. The monoisotopic (exact) mass is 205 g/mol. The molecule has 1 heteroatoms. The minimum absolute atomic E-state index is 0.228. The van der Waals surface area contributed by atoms with E-state index in [9.17, 15) is 0 Å². The highest BCUT2D eigenvalue weighted by molar-refractivity contribution is 5.22. The zero-order chi connectivity index (χ0) is 11.1. The van der Waals surface area contributed by atoms with Gasteiger partial charge in [0.2, 0.25) is 0 Å². The summed E-state index contributed by atoms with van der Waals surface area (Å²) in [4.78, 5) is 0. The average Bonchev–Trinajstić information content (AvgIpc) is 2.68. The summed E-state index contributed by atoms with van der Waals surface area (Å²) < 4.78 is 2.53. The Hall–Kier alpha value is -0.720. The van der Waals surface area contributed by atoms with Gasteiger partial charge in [0.05, 0.1) is 0 Å². The van der Waals surface area contributed by atoms with Crippen LogP contribution in [0.1, 0.15) is 63.8 Å². The van der Waals surface area contributed by atoms with E-state index in [4.69, 9.17) is 0 Å². The lowest BCUT2D eigenvalue weighted by Gasteiger charge is -2.28. The van der Waals surface area contributed by atoms with Crippen LogP contribution in [0, 0.1) is 6.92 Å². The quantitative estimate of drug-likeness (QED) is 0.647. The molecule has 15 heavy (non-hydrogen) atoms. The van der Waals surface area contributed by atoms with E-state index in [0.717, 1.165) is 5.92 Å². The zero-order valence-electron chi connectivity index (χ0n) is 10.5. The fourth-order valence-corrected chi connectivity index (χ4v) is 3.02. The first-order valence-corrected chi connectivity index (χ1v) is 6.19. The standard InChI is InChI=1S/C14H23N/c1-11-9-10-13(12-7-5-6-8-12)15(11)14(2,3)4/h9-10,12H,5-8H2,1-4H3. The van der Waals surface area contributed by atoms with Crippen molar-refractivity contribution in [3.05, 3.63) is 23.5 Å². The van der Waals surface area contributed by atoms with E-state index in [1.165, 1.54) is 31.4 Å². The van der Waals surface area contributed by atoms with Gasteiger partial charge in [-0.2, -0.15) is 0 Å². The van der Waals surface area contributed by atoms with Crippen LogP contribution in [-0.4, -0.2) is 4.57 Å². The zero-order valence-corrected chi connectivity index (χ0v) is 10.5. The third-order valence-electron chi connectivity index (χ3n) is 3.55. The van der Waals surface area contributed by atoms with Crippen molar-refractivity contribution in [3.8, 4) is 0 Å². The van der Waals surface area contributed by atoms with Crippen LogP contribution in [0.5, 0.6) is 0 Å². The summed E-state index contributed by atoms with van der Waals surface area (Å²) in [5.41, 5.74) is 3.20. The van der Waals surface area contributed by atoms with Gasteiger partial charge in [-0.25, -0.2) is 0 Å². The van der Waals surface area contributed by atoms with Gasteiger partial charge < -0.3 is 4.57 Å². The molecule has 0 radical (unpaired) electrons. The molecule has 0 saturated heterocycles. The molecule has 1 heterocycles. The highest BCUT2D eigenvalue weighted by Crippen LogP contribution is 2.37. The van der Waals surface area contributed by atoms with Crippen molar-refractivity contribution < 1.29 is 0 Å². The molecule has 1 fully saturated rings. The van der Waals surface area contributed by atoms with E-state index in [1.54, 1.807) is 5.69 Å². The van der Waals surface area contributed by atoms with Gasteiger partial charge in [-0.3, -0.25) is 0 Å². The first kappa shape index (κ1) is 10.8. The average molecular weight is 205 g/mol. The Balaban J connectivity index is 2.39. The maximum atomic E-state index is 2.53. The van der Waals surface area contributed by atoms with Crippen LogP contribution in [-0.2, 0) is 5.54 Å². The first-order chi connectivity index (χ1) is 7.00. The number of hydrogen-bond acceptors (Lipinski definition) is 0. The Morgan fingerprint density at radius 3 is 2.27 bits per heavy atom. The third kappa shape index (κ3) is 1.97. The van der Waals surface area contributed by atoms with Gasteiger partial charge in [0.15, 0.2) is 0 Å². The maximum Gasteiger partial charge on any atom is 0.0360 e. The van der Waals surface area contributed by atoms with Crippen LogP contribution in [0.25, 0.3) is 0 Å². The maximum absolute atomic E-state index is 2.53. The number of hydrogen-bond donors (Lipinski definition) is 0. The second-order valence-corrected chi connectivity index (χ2v) is 5.89. The Morgan fingerprint density at radius 2 is 1.73 bits per heavy atom. The van der Waals surface area contributed by atoms with Crippen molar-refractivity contribution in [2.75, 3.05) is 0 Å². The summed E-state index contributed by atoms with van der Waals surface area (Å²) in [5, 5.41) is 0. The molecule has 1 nitrogen and oxygen atoms in total. The van der Waals surface area contributed by atoms with Crippen LogP contribution < -0.4 is 0 Å². The molecule has 0 unspecified atom stereocenters. The lowest BCUT2D eigenvalue weighted by atomic mass is 10.0. The Kier molecular flexibility index (Phi) is 2.66. The highest BCUT2D eigenvalue weighted by Gasteiger charge is 2.25. The van der Waals surface area contributed by atoms with Gasteiger partial charge in [-0.1, -0.05) is 12.8 Å². The summed E-state index contributed by atoms with van der Waals surface area (Å²) in [5.74, 6) is 0.818. The second-order valence-electron chi connectivity index (χ2n) is 5.89. The van der Waals surface area contributed by atoms with Gasteiger partial charge in [0.25, 0.3) is 0 Å². The summed E-state index contributed by atoms with van der Waals surface area (Å²) in [6, 6.07) is 4.62. The summed E-state index contributed by atoms with van der Waals surface area (Å²) in [7, 11) is 0. The van der Waals surface area contributed by atoms with Crippen molar-refractivity contribution in [1.82, 2.24) is 4.57 Å². The van der Waals surface area contributed by atoms with E-state index in [2.05, 4.69) is 44.4 Å². The molecule has 0 N–H and O–H groups in total. The van der Waals surface area contributed by atoms with Gasteiger partial charge in [0, 0.05) is 16.9 Å². The van der Waals surface area contributed by atoms with Crippen LogP contribution in [0.2, 0.25) is 0 Å². The van der Waals surface area contributed by atoms with Crippen molar-refractivity contribution in [2.45, 2.75) is 64.8 Å². The van der Waals surface area contributed by atoms with Crippen molar-refractivity contribution in [3.63, 3.8) is 0 Å². The number of aryl methyl sites for hydroxylation is 1. The molecule has 0 spiro atoms. The lowest BCUT2D eigenvalue weighted by Crippen LogP contribution is -2.25. The van der Waals surface area contributed by atoms with Crippen molar-refractivity contribution in [1.29, 1.82) is 0 Å². The smallest absolute Gasteiger partial charge is 0.0360 e. The largest absolute Gasteiger partial charge is 0.343 e. The van der Waals surface area contributed by atoms with E-state index in [1.807, 2.05) is 0 Å². The molecule has 0 aliphatic heterocycles. The van der Waals surface area contributed by atoms with Crippen LogP contribution >= 0.6 is 0 Å². The van der Waals surface area contributed by atoms with Gasteiger partial charge >= 0.3 is 0 Å². The molecule has 1 aromatic rings. The Labute approximate surface area is 93.5 Å². The molecule has 1 aliphatic rings. The highest BCUT2D eigenvalue weighted by atomic mass is 15.1. The minimum atomic E-state index is 0.228. The number of rotatable bonds is 1. The fraction of sp³-hybridized carbons (Fsp3) is 0.714. The SMILES string of the molecule is Cc1ccc(C2CCCC2)n1C(C)(C)C. The van der Waals surface area contributed by atoms with E-state index < -0.39 is 0 Å². The predicted octanol–water partition coefficient (Wildman–Crippen LogP) is 4.21. The molecular weight excluding hydrogens is 182 g/mol. The molecule has 2 rings (SSSR count). The second kappa shape index (κ2) is 3.70. The molecule has 0 amide bonds. The van der Waals surface area contributed by atoms with Gasteiger partial charge in [-0.05, 0) is 58.6 Å². The minimum Gasteiger partial charge on any atom is -0.343 e. The summed E-state index contributed by atoms with van der Waals surface area (Å²) >= 11 is 0. The first-order valence-electron chi connectivity index (χ1n) is 6.19. The normalized spacial score (nSPS) is 18.7. The Morgan fingerprint density at radius 1 is 1.13 bits per heavy atom. The van der Waals surface area contributed by atoms with E-state index in [-0.39, 0.29) is 5.54 Å². The summed E-state index contributed by atoms with van der Waals surface area (Å²) in [6.07, 6.45) is 5.61. The summed E-state index contributed by atoms with van der Waals surface area (Å²) in [6.45, 7) is 9.14. The van der Waals surface area contributed by atoms with Crippen molar-refractivity contribution in [2.24, 2.45) is 0 Å². The van der Waals surface area contributed by atoms with E-state index in [0.29, 0.717) is 0 Å². The molecule has 0 bridgehead atoms. The molecule has 1 saturated carbocycles. The number of aromatic nitrogens is 1. The third-order valence-corrected chi connectivity index (χ3v) is 3.55. The number of nitrogens with zero attached hydrogens (tertiary/aromatic N) is 1. The van der Waals surface area contributed by atoms with Gasteiger partial charge in [0.1, 0.15) is 0 Å². The molecule has 84 valence electrons. The van der Waals surface area contributed by atoms with Crippen LogP contribution in [0.15, 0.2) is 12.1 Å². The molecule has 0 atom stereocenters. The van der Waals surface area contributed by atoms with Crippen LogP contribution in [0.4, 0.5) is 0 Å². The van der Waals surface area contributed by atoms with Gasteiger partial charge in [-0.15, -0.1) is 0 Å². The Bertz CT molecular complexity index is 335. The van der Waals surface area contributed by atoms with Crippen LogP contribution in [0.3, 0.4) is 0 Å². The predicted molar refractivity (Wildman–Crippen MR) is 65.4 cm³/mol.